The number of carbonyl (C=O) groups excluding carboxylic acids is 1. The van der Waals surface area contributed by atoms with Crippen LogP contribution in [0.25, 0.3) is 10.4 Å². The Morgan fingerprint density at radius 1 is 1.10 bits per heavy atom. The second kappa shape index (κ2) is 11.4. The SMILES string of the molecule is CC(C)(C)NS(=O)(=O)c1ccc(-c2sc(C(=O)N3CC4(CCS(=O)(=O)CC4)C3)nc2CC2CCCCC2)c(Cl)c1Cl. The molecule has 0 bridgehead atoms. The molecule has 41 heavy (non-hydrogen) atoms. The van der Waals surface area contributed by atoms with Gasteiger partial charge in [-0.3, -0.25) is 4.79 Å². The number of benzene rings is 1. The minimum Gasteiger partial charge on any atom is -0.335 e. The number of nitrogens with one attached hydrogen (secondary N) is 1. The molecule has 3 heterocycles. The molecule has 5 rings (SSSR count). The maximum absolute atomic E-state index is 13.5. The van der Waals surface area contributed by atoms with Crippen molar-refractivity contribution < 1.29 is 21.6 Å². The van der Waals surface area contributed by atoms with E-state index in [1.165, 1.54) is 36.7 Å². The summed E-state index contributed by atoms with van der Waals surface area (Å²) in [6.45, 7) is 6.32. The molecule has 0 unspecified atom stereocenters. The van der Waals surface area contributed by atoms with E-state index in [-0.39, 0.29) is 37.8 Å². The van der Waals surface area contributed by atoms with E-state index in [0.29, 0.717) is 48.8 Å². The van der Waals surface area contributed by atoms with E-state index in [2.05, 4.69) is 4.72 Å². The number of likely N-dealkylation sites (tertiary alicyclic amines) is 1. The van der Waals surface area contributed by atoms with Gasteiger partial charge in [-0.15, -0.1) is 11.3 Å². The van der Waals surface area contributed by atoms with Crippen LogP contribution in [0.5, 0.6) is 0 Å². The van der Waals surface area contributed by atoms with Crippen LogP contribution < -0.4 is 4.72 Å². The number of carbonyl (C=O) groups is 1. The van der Waals surface area contributed by atoms with Crippen molar-refractivity contribution in [3.8, 4) is 10.4 Å². The third kappa shape index (κ3) is 6.80. The van der Waals surface area contributed by atoms with Gasteiger partial charge < -0.3 is 4.90 Å². The highest BCUT2D eigenvalue weighted by atomic mass is 35.5. The minimum absolute atomic E-state index is 0.0669. The standard InChI is InChI=1S/C28H37Cl2N3O5S3/c1-27(2,3)32-41(37,38)21-10-9-19(22(29)23(21)30)24-20(15-18-7-5-4-6-8-18)31-25(39-24)26(34)33-16-28(17-33)11-13-40(35,36)14-12-28/h9-10,18,32H,4-8,11-17H2,1-3H3. The third-order valence-corrected chi connectivity index (χ3v) is 13.9. The van der Waals surface area contributed by atoms with Gasteiger partial charge in [-0.05, 0) is 52.0 Å². The summed E-state index contributed by atoms with van der Waals surface area (Å²) in [5.74, 6) is 0.645. The van der Waals surface area contributed by atoms with E-state index in [1.54, 1.807) is 31.7 Å². The first kappa shape index (κ1) is 31.2. The lowest BCUT2D eigenvalue weighted by Gasteiger charge is -2.51. The predicted molar refractivity (Wildman–Crippen MR) is 164 cm³/mol. The van der Waals surface area contributed by atoms with Gasteiger partial charge in [-0.2, -0.15) is 0 Å². The van der Waals surface area contributed by atoms with Crippen molar-refractivity contribution in [2.24, 2.45) is 11.3 Å². The van der Waals surface area contributed by atoms with Crippen LogP contribution in [0.1, 0.15) is 81.2 Å². The molecule has 3 aliphatic rings. The average molecular weight is 663 g/mol. The van der Waals surface area contributed by atoms with E-state index in [9.17, 15) is 21.6 Å². The summed E-state index contributed by atoms with van der Waals surface area (Å²) < 4.78 is 52.5. The molecule has 1 amide bonds. The summed E-state index contributed by atoms with van der Waals surface area (Å²) in [6, 6.07) is 3.11. The molecule has 13 heteroatoms. The first-order valence-corrected chi connectivity index (χ1v) is 19.0. The number of sulfone groups is 1. The smallest absolute Gasteiger partial charge is 0.282 e. The van der Waals surface area contributed by atoms with E-state index in [0.717, 1.165) is 23.4 Å². The maximum atomic E-state index is 13.5. The molecule has 0 radical (unpaired) electrons. The number of rotatable bonds is 6. The van der Waals surface area contributed by atoms with Crippen molar-refractivity contribution in [3.63, 3.8) is 0 Å². The lowest BCUT2D eigenvalue weighted by Crippen LogP contribution is -2.60. The molecule has 1 spiro atoms. The van der Waals surface area contributed by atoms with Crippen LogP contribution in [0.2, 0.25) is 10.0 Å². The molecule has 226 valence electrons. The zero-order valence-electron chi connectivity index (χ0n) is 23.6. The fourth-order valence-electron chi connectivity index (χ4n) is 6.16. The molecule has 1 saturated carbocycles. The molecule has 2 saturated heterocycles. The Balaban J connectivity index is 1.45. The van der Waals surface area contributed by atoms with Gasteiger partial charge in [-0.1, -0.05) is 61.4 Å². The highest BCUT2D eigenvalue weighted by Gasteiger charge is 2.48. The molecular weight excluding hydrogens is 625 g/mol. The molecule has 8 nitrogen and oxygen atoms in total. The lowest BCUT2D eigenvalue weighted by molar-refractivity contribution is 0.000299. The summed E-state index contributed by atoms with van der Waals surface area (Å²) in [6.07, 6.45) is 7.64. The largest absolute Gasteiger partial charge is 0.335 e. The molecule has 1 N–H and O–H groups in total. The van der Waals surface area contributed by atoms with Crippen LogP contribution in [0.15, 0.2) is 17.0 Å². The van der Waals surface area contributed by atoms with Crippen molar-refractivity contribution >= 4 is 60.3 Å². The van der Waals surface area contributed by atoms with Crippen molar-refractivity contribution in [2.75, 3.05) is 24.6 Å². The zero-order chi connectivity index (χ0) is 29.8. The van der Waals surface area contributed by atoms with Crippen LogP contribution >= 0.6 is 34.5 Å². The van der Waals surface area contributed by atoms with Crippen molar-refractivity contribution in [2.45, 2.75) is 82.6 Å². The first-order valence-electron chi connectivity index (χ1n) is 14.1. The molecule has 0 atom stereocenters. The van der Waals surface area contributed by atoms with Crippen molar-refractivity contribution in [3.05, 3.63) is 32.9 Å². The van der Waals surface area contributed by atoms with Crippen molar-refractivity contribution in [1.29, 1.82) is 0 Å². The van der Waals surface area contributed by atoms with Crippen molar-refractivity contribution in [1.82, 2.24) is 14.6 Å². The predicted octanol–water partition coefficient (Wildman–Crippen LogP) is 5.97. The first-order chi connectivity index (χ1) is 19.1. The molecule has 2 aliphatic heterocycles. The van der Waals surface area contributed by atoms with Crippen LogP contribution in [0.4, 0.5) is 0 Å². The second-order valence-corrected chi connectivity index (χ2v) is 18.6. The number of amides is 1. The highest BCUT2D eigenvalue weighted by Crippen LogP contribution is 2.45. The zero-order valence-corrected chi connectivity index (χ0v) is 27.6. The summed E-state index contributed by atoms with van der Waals surface area (Å²) in [5, 5.41) is 0.410. The van der Waals surface area contributed by atoms with Gasteiger partial charge in [0, 0.05) is 29.6 Å². The molecule has 1 aromatic carbocycles. The quantitative estimate of drug-likeness (QED) is 0.408. The maximum Gasteiger partial charge on any atom is 0.282 e. The van der Waals surface area contributed by atoms with Gasteiger partial charge in [0.15, 0.2) is 5.01 Å². The number of thiazole rings is 1. The fourth-order valence-corrected chi connectivity index (χ4v) is 11.3. The normalized spacial score (nSPS) is 21.1. The number of aromatic nitrogens is 1. The Morgan fingerprint density at radius 3 is 2.34 bits per heavy atom. The summed E-state index contributed by atoms with van der Waals surface area (Å²) >= 11 is 14.6. The minimum atomic E-state index is -3.92. The molecule has 1 aromatic heterocycles. The molecule has 2 aromatic rings. The third-order valence-electron chi connectivity index (χ3n) is 8.34. The second-order valence-electron chi connectivity index (χ2n) is 12.9. The number of hydrogen-bond donors (Lipinski definition) is 1. The fraction of sp³-hybridized carbons (Fsp3) is 0.643. The lowest BCUT2D eigenvalue weighted by atomic mass is 9.75. The Labute approximate surface area is 257 Å². The van der Waals surface area contributed by atoms with Crippen LogP contribution in [-0.2, 0) is 26.3 Å². The number of nitrogens with zero attached hydrogens (tertiary/aromatic N) is 2. The highest BCUT2D eigenvalue weighted by molar-refractivity contribution is 7.91. The summed E-state index contributed by atoms with van der Waals surface area (Å²) in [5.41, 5.74) is 0.525. The van der Waals surface area contributed by atoms with Gasteiger partial charge in [0.25, 0.3) is 5.91 Å². The van der Waals surface area contributed by atoms with Crippen LogP contribution in [0, 0.1) is 11.3 Å². The van der Waals surface area contributed by atoms with Gasteiger partial charge in [0.1, 0.15) is 14.7 Å². The molecule has 3 fully saturated rings. The van der Waals surface area contributed by atoms with E-state index < -0.39 is 25.4 Å². The van der Waals surface area contributed by atoms with Crippen LogP contribution in [-0.4, -0.2) is 62.8 Å². The monoisotopic (exact) mass is 661 g/mol. The molecular formula is C28H37Cl2N3O5S3. The number of halogens is 2. The van der Waals surface area contributed by atoms with Crippen LogP contribution in [0.3, 0.4) is 0 Å². The van der Waals surface area contributed by atoms with E-state index >= 15 is 0 Å². The average Bonchev–Trinajstić information content (AvgIpc) is 3.26. The Kier molecular flexibility index (Phi) is 8.64. The summed E-state index contributed by atoms with van der Waals surface area (Å²) in [4.78, 5) is 20.8. The van der Waals surface area contributed by atoms with Gasteiger partial charge >= 0.3 is 0 Å². The summed E-state index contributed by atoms with van der Waals surface area (Å²) in [7, 11) is -6.89. The number of hydrogen-bond acceptors (Lipinski definition) is 7. The Morgan fingerprint density at radius 2 is 1.73 bits per heavy atom. The van der Waals surface area contributed by atoms with E-state index in [4.69, 9.17) is 28.2 Å². The topological polar surface area (TPSA) is 114 Å². The number of sulfonamides is 1. The van der Waals surface area contributed by atoms with Gasteiger partial charge in [-0.25, -0.2) is 26.5 Å². The van der Waals surface area contributed by atoms with Gasteiger partial charge in [0.05, 0.1) is 32.1 Å². The Bertz CT molecular complexity index is 1540. The Hall–Kier alpha value is -1.24. The van der Waals surface area contributed by atoms with Gasteiger partial charge in [0.2, 0.25) is 10.0 Å². The molecule has 1 aliphatic carbocycles. The van der Waals surface area contributed by atoms with E-state index in [1.807, 2.05) is 0 Å².